The van der Waals surface area contributed by atoms with Gasteiger partial charge in [-0.25, -0.2) is 0 Å². The summed E-state index contributed by atoms with van der Waals surface area (Å²) in [5, 5.41) is 3.26. The van der Waals surface area contributed by atoms with E-state index in [1.807, 2.05) is 24.3 Å². The van der Waals surface area contributed by atoms with E-state index in [-0.39, 0.29) is 0 Å². The van der Waals surface area contributed by atoms with Crippen molar-refractivity contribution in [3.63, 3.8) is 0 Å². The highest BCUT2D eigenvalue weighted by Gasteiger charge is 2.05. The van der Waals surface area contributed by atoms with Gasteiger partial charge in [-0.05, 0) is 30.7 Å². The summed E-state index contributed by atoms with van der Waals surface area (Å²) in [6.45, 7) is 4.25. The van der Waals surface area contributed by atoms with Gasteiger partial charge in [0.15, 0.2) is 0 Å². The molecule has 0 aliphatic rings. The predicted octanol–water partition coefficient (Wildman–Crippen LogP) is 3.52. The van der Waals surface area contributed by atoms with Crippen LogP contribution in [0.1, 0.15) is 24.6 Å². The Balaban J connectivity index is 1.83. The fraction of sp³-hybridized carbons (Fsp3) is 0.357. The monoisotopic (exact) mass is 324 g/mol. The lowest BCUT2D eigenvalue weighted by molar-refractivity contribution is 0.220. The van der Waals surface area contributed by atoms with Crippen molar-refractivity contribution in [2.75, 3.05) is 6.54 Å². The number of hydrogen-bond donors (Lipinski definition) is 1. The quantitative estimate of drug-likeness (QED) is 0.792. The third-order valence-electron chi connectivity index (χ3n) is 2.51. The molecule has 0 fully saturated rings. The molecule has 0 atom stereocenters. The summed E-state index contributed by atoms with van der Waals surface area (Å²) in [5.41, 5.74) is 1.93. The third kappa shape index (κ3) is 4.69. The smallest absolute Gasteiger partial charge is 0.394 e. The van der Waals surface area contributed by atoms with Crippen LogP contribution in [0.2, 0.25) is 0 Å². The highest BCUT2D eigenvalue weighted by molar-refractivity contribution is 9.10. The average Bonchev–Trinajstić information content (AvgIpc) is 2.85. The SMILES string of the molecule is CCCNCc1coc(OCc2cccc(Br)c2)n1. The van der Waals surface area contributed by atoms with Crippen LogP contribution in [0.4, 0.5) is 0 Å². The largest absolute Gasteiger partial charge is 0.445 e. The van der Waals surface area contributed by atoms with Crippen LogP contribution < -0.4 is 10.1 Å². The number of halogens is 1. The molecule has 0 radical (unpaired) electrons. The molecule has 0 amide bonds. The maximum atomic E-state index is 5.51. The van der Waals surface area contributed by atoms with Crippen LogP contribution in [0, 0.1) is 0 Å². The average molecular weight is 325 g/mol. The predicted molar refractivity (Wildman–Crippen MR) is 77.0 cm³/mol. The zero-order valence-electron chi connectivity index (χ0n) is 10.9. The summed E-state index contributed by atoms with van der Waals surface area (Å²) in [5.74, 6) is 0. The van der Waals surface area contributed by atoms with Crippen molar-refractivity contribution in [3.05, 3.63) is 46.3 Å². The molecule has 2 rings (SSSR count). The lowest BCUT2D eigenvalue weighted by Crippen LogP contribution is -2.13. The fourth-order valence-electron chi connectivity index (χ4n) is 1.60. The summed E-state index contributed by atoms with van der Waals surface area (Å²) < 4.78 is 11.8. The Hall–Kier alpha value is -1.33. The van der Waals surface area contributed by atoms with Crippen LogP contribution in [0.15, 0.2) is 39.4 Å². The molecule has 1 N–H and O–H groups in total. The van der Waals surface area contributed by atoms with Gasteiger partial charge < -0.3 is 14.5 Å². The number of nitrogens with zero attached hydrogens (tertiary/aromatic N) is 1. The van der Waals surface area contributed by atoms with Gasteiger partial charge in [0.25, 0.3) is 0 Å². The molecule has 0 saturated heterocycles. The van der Waals surface area contributed by atoms with Gasteiger partial charge in [0.05, 0.1) is 5.69 Å². The Morgan fingerprint density at radius 2 is 2.32 bits per heavy atom. The molecule has 5 heteroatoms. The van der Waals surface area contributed by atoms with E-state index in [0.29, 0.717) is 19.2 Å². The number of aromatic nitrogens is 1. The Labute approximate surface area is 121 Å². The van der Waals surface area contributed by atoms with Gasteiger partial charge in [0.1, 0.15) is 12.9 Å². The number of benzene rings is 1. The third-order valence-corrected chi connectivity index (χ3v) is 3.01. The van der Waals surface area contributed by atoms with Crippen LogP contribution in [0.5, 0.6) is 6.08 Å². The molecule has 1 aromatic heterocycles. The molecule has 0 unspecified atom stereocenters. The van der Waals surface area contributed by atoms with Crippen molar-refractivity contribution in [1.82, 2.24) is 10.3 Å². The van der Waals surface area contributed by atoms with Gasteiger partial charge in [0, 0.05) is 11.0 Å². The Kier molecular flexibility index (Phi) is 5.42. The Bertz CT molecular complexity index is 514. The van der Waals surface area contributed by atoms with Gasteiger partial charge in [0.2, 0.25) is 0 Å². The van der Waals surface area contributed by atoms with E-state index in [1.165, 1.54) is 0 Å². The minimum Gasteiger partial charge on any atom is -0.445 e. The van der Waals surface area contributed by atoms with E-state index in [4.69, 9.17) is 9.15 Å². The van der Waals surface area contributed by atoms with Crippen molar-refractivity contribution in [2.24, 2.45) is 0 Å². The van der Waals surface area contributed by atoms with Crippen LogP contribution in [0.25, 0.3) is 0 Å². The number of rotatable bonds is 7. The molecule has 0 saturated carbocycles. The fourth-order valence-corrected chi connectivity index (χ4v) is 2.05. The molecule has 1 aromatic carbocycles. The highest BCUT2D eigenvalue weighted by atomic mass is 79.9. The summed E-state index contributed by atoms with van der Waals surface area (Å²) in [6, 6.07) is 7.95. The Morgan fingerprint density at radius 3 is 3.11 bits per heavy atom. The molecular weight excluding hydrogens is 308 g/mol. The van der Waals surface area contributed by atoms with E-state index in [2.05, 4.69) is 33.2 Å². The minimum absolute atomic E-state index is 0.313. The molecule has 1 heterocycles. The van der Waals surface area contributed by atoms with E-state index in [0.717, 1.165) is 28.7 Å². The second kappa shape index (κ2) is 7.31. The maximum absolute atomic E-state index is 5.51. The molecule has 0 aliphatic carbocycles. The highest BCUT2D eigenvalue weighted by Crippen LogP contribution is 2.15. The number of oxazole rings is 1. The molecular formula is C14H17BrN2O2. The van der Waals surface area contributed by atoms with Crippen molar-refractivity contribution >= 4 is 15.9 Å². The molecule has 0 spiro atoms. The van der Waals surface area contributed by atoms with Gasteiger partial charge in [-0.3, -0.25) is 0 Å². The van der Waals surface area contributed by atoms with Gasteiger partial charge in [-0.1, -0.05) is 35.0 Å². The van der Waals surface area contributed by atoms with Gasteiger partial charge >= 0.3 is 6.08 Å². The summed E-state index contributed by atoms with van der Waals surface area (Å²) in [4.78, 5) is 4.26. The van der Waals surface area contributed by atoms with E-state index < -0.39 is 0 Å². The maximum Gasteiger partial charge on any atom is 0.394 e. The normalized spacial score (nSPS) is 10.6. The first-order valence-corrected chi connectivity index (χ1v) is 7.09. The van der Waals surface area contributed by atoms with Crippen molar-refractivity contribution < 1.29 is 9.15 Å². The molecule has 102 valence electrons. The first-order chi connectivity index (χ1) is 9.28. The summed E-state index contributed by atoms with van der Waals surface area (Å²) >= 11 is 3.42. The second-order valence-electron chi connectivity index (χ2n) is 4.20. The van der Waals surface area contributed by atoms with E-state index >= 15 is 0 Å². The Morgan fingerprint density at radius 1 is 1.42 bits per heavy atom. The summed E-state index contributed by atoms with van der Waals surface area (Å²) in [6.07, 6.45) is 3.04. The standard InChI is InChI=1S/C14H17BrN2O2/c1-2-6-16-8-13-10-19-14(17-13)18-9-11-4-3-5-12(15)7-11/h3-5,7,10,16H,2,6,8-9H2,1H3. The van der Waals surface area contributed by atoms with Gasteiger partial charge in [-0.2, -0.15) is 4.98 Å². The number of nitrogens with one attached hydrogen (secondary N) is 1. The number of ether oxygens (including phenoxy) is 1. The van der Waals surface area contributed by atoms with E-state index in [9.17, 15) is 0 Å². The van der Waals surface area contributed by atoms with Crippen LogP contribution in [-0.4, -0.2) is 11.5 Å². The lowest BCUT2D eigenvalue weighted by Gasteiger charge is -2.01. The molecule has 2 aromatic rings. The van der Waals surface area contributed by atoms with Crippen LogP contribution in [-0.2, 0) is 13.2 Å². The number of hydrogen-bond acceptors (Lipinski definition) is 4. The zero-order chi connectivity index (χ0) is 13.5. The lowest BCUT2D eigenvalue weighted by atomic mass is 10.2. The zero-order valence-corrected chi connectivity index (χ0v) is 12.4. The molecule has 0 aliphatic heterocycles. The molecule has 4 nitrogen and oxygen atoms in total. The van der Waals surface area contributed by atoms with E-state index in [1.54, 1.807) is 6.26 Å². The van der Waals surface area contributed by atoms with Crippen LogP contribution in [0.3, 0.4) is 0 Å². The second-order valence-corrected chi connectivity index (χ2v) is 5.12. The minimum atomic E-state index is 0.313. The van der Waals surface area contributed by atoms with Crippen LogP contribution >= 0.6 is 15.9 Å². The first kappa shape index (κ1) is 14.1. The van der Waals surface area contributed by atoms with Crippen molar-refractivity contribution in [3.8, 4) is 6.08 Å². The molecule has 19 heavy (non-hydrogen) atoms. The van der Waals surface area contributed by atoms with Crippen molar-refractivity contribution in [2.45, 2.75) is 26.5 Å². The van der Waals surface area contributed by atoms with Crippen molar-refractivity contribution in [1.29, 1.82) is 0 Å². The molecule has 0 bridgehead atoms. The summed E-state index contributed by atoms with van der Waals surface area (Å²) in [7, 11) is 0. The first-order valence-electron chi connectivity index (χ1n) is 6.30. The van der Waals surface area contributed by atoms with Gasteiger partial charge in [-0.15, -0.1) is 0 Å². The topological polar surface area (TPSA) is 47.3 Å².